The molecule has 0 atom stereocenters. The molecule has 6 heteroatoms. The molecule has 1 amide bonds. The fourth-order valence-electron chi connectivity index (χ4n) is 2.36. The number of benzene rings is 2. The molecular weight excluding hydrogens is 294 g/mol. The molecule has 6 nitrogen and oxygen atoms in total. The van der Waals surface area contributed by atoms with Gasteiger partial charge in [0.15, 0.2) is 17.2 Å². The first-order chi connectivity index (χ1) is 11.2. The van der Waals surface area contributed by atoms with E-state index in [4.69, 9.17) is 9.47 Å². The van der Waals surface area contributed by atoms with Gasteiger partial charge in [-0.25, -0.2) is 0 Å². The van der Waals surface area contributed by atoms with Gasteiger partial charge in [-0.15, -0.1) is 5.10 Å². The molecule has 0 fully saturated rings. The van der Waals surface area contributed by atoms with Crippen molar-refractivity contribution in [1.29, 1.82) is 0 Å². The van der Waals surface area contributed by atoms with Crippen molar-refractivity contribution in [2.24, 2.45) is 10.2 Å². The van der Waals surface area contributed by atoms with E-state index in [9.17, 15) is 4.79 Å². The van der Waals surface area contributed by atoms with Crippen molar-refractivity contribution < 1.29 is 14.3 Å². The molecule has 1 aliphatic heterocycles. The minimum atomic E-state index is -0.263. The van der Waals surface area contributed by atoms with Crippen molar-refractivity contribution in [3.05, 3.63) is 53.6 Å². The summed E-state index contributed by atoms with van der Waals surface area (Å²) in [5.74, 6) is 0.907. The highest BCUT2D eigenvalue weighted by molar-refractivity contribution is 6.53. The van der Waals surface area contributed by atoms with Gasteiger partial charge in [-0.05, 0) is 18.2 Å². The minimum Gasteiger partial charge on any atom is -0.493 e. The van der Waals surface area contributed by atoms with Crippen LogP contribution in [0.3, 0.4) is 0 Å². The number of fused-ring (bicyclic) bond motifs is 1. The van der Waals surface area contributed by atoms with Gasteiger partial charge in [0.1, 0.15) is 0 Å². The third-order valence-corrected chi connectivity index (χ3v) is 3.43. The standard InChI is InChI=1S/C17H15N3O3/c1-22-14-9-5-6-11(16(14)23-2)10-18-20-15-12-7-3-4-8-13(12)19-17(15)21/h3-10H,1-2H3,(H,19,20,21)/b18-10+. The Bertz CT molecular complexity index is 812. The topological polar surface area (TPSA) is 72.3 Å². The Kier molecular flexibility index (Phi) is 4.05. The second kappa shape index (κ2) is 6.31. The van der Waals surface area contributed by atoms with Crippen LogP contribution < -0.4 is 14.8 Å². The fourth-order valence-corrected chi connectivity index (χ4v) is 2.36. The average Bonchev–Trinajstić information content (AvgIpc) is 2.90. The van der Waals surface area contributed by atoms with Crippen LogP contribution in [-0.2, 0) is 4.79 Å². The second-order valence-corrected chi connectivity index (χ2v) is 4.78. The first kappa shape index (κ1) is 14.8. The maximum Gasteiger partial charge on any atom is 0.276 e. The lowest BCUT2D eigenvalue weighted by molar-refractivity contribution is -0.110. The molecular formula is C17H15N3O3. The maximum absolute atomic E-state index is 11.9. The second-order valence-electron chi connectivity index (χ2n) is 4.78. The van der Waals surface area contributed by atoms with Crippen LogP contribution in [0.15, 0.2) is 52.7 Å². The van der Waals surface area contributed by atoms with Crippen LogP contribution in [0.5, 0.6) is 11.5 Å². The van der Waals surface area contributed by atoms with E-state index >= 15 is 0 Å². The normalized spacial score (nSPS) is 14.9. The largest absolute Gasteiger partial charge is 0.493 e. The Morgan fingerprint density at radius 3 is 2.65 bits per heavy atom. The highest BCUT2D eigenvalue weighted by Crippen LogP contribution is 2.29. The van der Waals surface area contributed by atoms with Crippen LogP contribution in [0.4, 0.5) is 5.69 Å². The summed E-state index contributed by atoms with van der Waals surface area (Å²) >= 11 is 0. The number of ether oxygens (including phenoxy) is 2. The molecule has 2 aromatic carbocycles. The van der Waals surface area contributed by atoms with Gasteiger partial charge in [0, 0.05) is 11.1 Å². The van der Waals surface area contributed by atoms with E-state index in [1.165, 1.54) is 6.21 Å². The summed E-state index contributed by atoms with van der Waals surface area (Å²) in [7, 11) is 3.13. The lowest BCUT2D eigenvalue weighted by Crippen LogP contribution is -2.13. The van der Waals surface area contributed by atoms with E-state index in [1.807, 2.05) is 36.4 Å². The van der Waals surface area contributed by atoms with E-state index < -0.39 is 0 Å². The number of anilines is 1. The Morgan fingerprint density at radius 2 is 1.87 bits per heavy atom. The van der Waals surface area contributed by atoms with Crippen molar-refractivity contribution in [3.63, 3.8) is 0 Å². The monoisotopic (exact) mass is 309 g/mol. The first-order valence-corrected chi connectivity index (χ1v) is 6.97. The number of hydrogen-bond acceptors (Lipinski definition) is 5. The van der Waals surface area contributed by atoms with Gasteiger partial charge in [-0.1, -0.05) is 24.3 Å². The van der Waals surface area contributed by atoms with Gasteiger partial charge in [-0.2, -0.15) is 5.10 Å². The molecule has 0 radical (unpaired) electrons. The van der Waals surface area contributed by atoms with E-state index in [1.54, 1.807) is 20.3 Å². The molecule has 0 spiro atoms. The van der Waals surface area contributed by atoms with Crippen LogP contribution in [0.25, 0.3) is 0 Å². The Balaban J connectivity index is 1.92. The molecule has 23 heavy (non-hydrogen) atoms. The maximum atomic E-state index is 11.9. The number of para-hydroxylation sites is 2. The van der Waals surface area contributed by atoms with E-state index in [-0.39, 0.29) is 5.91 Å². The van der Waals surface area contributed by atoms with Crippen molar-refractivity contribution in [2.45, 2.75) is 0 Å². The number of nitrogens with zero attached hydrogens (tertiary/aromatic N) is 2. The summed E-state index contributed by atoms with van der Waals surface area (Å²) in [4.78, 5) is 11.9. The lowest BCUT2D eigenvalue weighted by atomic mass is 10.1. The zero-order chi connectivity index (χ0) is 16.2. The van der Waals surface area contributed by atoms with Crippen molar-refractivity contribution in [2.75, 3.05) is 19.5 Å². The predicted molar refractivity (Wildman–Crippen MR) is 88.7 cm³/mol. The molecule has 0 saturated carbocycles. The third-order valence-electron chi connectivity index (χ3n) is 3.43. The quantitative estimate of drug-likeness (QED) is 0.696. The molecule has 0 aromatic heterocycles. The van der Waals surface area contributed by atoms with Crippen LogP contribution in [0.1, 0.15) is 11.1 Å². The molecule has 0 bridgehead atoms. The molecule has 0 aliphatic carbocycles. The molecule has 1 aliphatic rings. The summed E-state index contributed by atoms with van der Waals surface area (Å²) in [5.41, 5.74) is 2.49. The van der Waals surface area contributed by atoms with Crippen molar-refractivity contribution in [1.82, 2.24) is 0 Å². The Hall–Kier alpha value is -3.15. The molecule has 3 rings (SSSR count). The van der Waals surface area contributed by atoms with E-state index in [2.05, 4.69) is 15.5 Å². The fraction of sp³-hybridized carbons (Fsp3) is 0.118. The van der Waals surface area contributed by atoms with Crippen molar-refractivity contribution >= 4 is 23.5 Å². The van der Waals surface area contributed by atoms with Gasteiger partial charge in [-0.3, -0.25) is 4.79 Å². The number of nitrogens with one attached hydrogen (secondary N) is 1. The smallest absolute Gasteiger partial charge is 0.276 e. The zero-order valence-electron chi connectivity index (χ0n) is 12.7. The number of amides is 1. The summed E-state index contributed by atoms with van der Waals surface area (Å²) in [6.07, 6.45) is 1.53. The molecule has 1 heterocycles. The highest BCUT2D eigenvalue weighted by Gasteiger charge is 2.25. The van der Waals surface area contributed by atoms with Crippen LogP contribution >= 0.6 is 0 Å². The van der Waals surface area contributed by atoms with Gasteiger partial charge < -0.3 is 14.8 Å². The van der Waals surface area contributed by atoms with Gasteiger partial charge in [0.2, 0.25) is 0 Å². The number of methoxy groups -OCH3 is 2. The molecule has 0 saturated heterocycles. The lowest BCUT2D eigenvalue weighted by Gasteiger charge is -2.08. The molecule has 116 valence electrons. The van der Waals surface area contributed by atoms with Gasteiger partial charge >= 0.3 is 0 Å². The minimum absolute atomic E-state index is 0.263. The van der Waals surface area contributed by atoms with Crippen LogP contribution in [-0.4, -0.2) is 32.1 Å². The van der Waals surface area contributed by atoms with E-state index in [0.717, 1.165) is 11.3 Å². The zero-order valence-corrected chi connectivity index (χ0v) is 12.7. The summed E-state index contributed by atoms with van der Waals surface area (Å²) in [5, 5.41) is 10.8. The number of carbonyl (C=O) groups is 1. The van der Waals surface area contributed by atoms with Crippen molar-refractivity contribution in [3.8, 4) is 11.5 Å². The Labute approximate surface area is 133 Å². The Morgan fingerprint density at radius 1 is 1.04 bits per heavy atom. The molecule has 0 unspecified atom stereocenters. The van der Waals surface area contributed by atoms with Gasteiger partial charge in [0.05, 0.1) is 26.1 Å². The van der Waals surface area contributed by atoms with Crippen LogP contribution in [0.2, 0.25) is 0 Å². The number of rotatable bonds is 4. The van der Waals surface area contributed by atoms with Gasteiger partial charge in [0.25, 0.3) is 5.91 Å². The summed E-state index contributed by atoms with van der Waals surface area (Å²) in [6, 6.07) is 12.8. The number of carbonyl (C=O) groups excluding carboxylic acids is 1. The predicted octanol–water partition coefficient (Wildman–Crippen LogP) is 2.48. The molecule has 1 N–H and O–H groups in total. The average molecular weight is 309 g/mol. The van der Waals surface area contributed by atoms with E-state index in [0.29, 0.717) is 22.8 Å². The SMILES string of the molecule is COc1cccc(/C=N/N=C2\C(=O)Nc3ccccc32)c1OC. The first-order valence-electron chi connectivity index (χ1n) is 6.97. The molecule has 2 aromatic rings. The summed E-state index contributed by atoms with van der Waals surface area (Å²) in [6.45, 7) is 0. The third kappa shape index (κ3) is 2.78. The number of hydrogen-bond donors (Lipinski definition) is 1. The summed E-state index contributed by atoms with van der Waals surface area (Å²) < 4.78 is 10.6. The highest BCUT2D eigenvalue weighted by atomic mass is 16.5. The van der Waals surface area contributed by atoms with Crippen LogP contribution in [0, 0.1) is 0 Å².